The van der Waals surface area contributed by atoms with Gasteiger partial charge in [0, 0.05) is 5.69 Å². The van der Waals surface area contributed by atoms with Gasteiger partial charge in [0.2, 0.25) is 5.91 Å². The van der Waals surface area contributed by atoms with Gasteiger partial charge in [-0.05, 0) is 36.4 Å². The van der Waals surface area contributed by atoms with Crippen molar-refractivity contribution < 1.29 is 31.1 Å². The molecule has 9 heteroatoms. The number of nitrogens with one attached hydrogen (secondary N) is 2. The SMILES string of the molecule is O=C(CNc1ccc(C(F)(F)F)cc1)Nc1ccccc1C(F)(F)F. The van der Waals surface area contributed by atoms with Gasteiger partial charge >= 0.3 is 12.4 Å². The molecule has 0 aromatic heterocycles. The molecule has 2 aromatic carbocycles. The highest BCUT2D eigenvalue weighted by Gasteiger charge is 2.33. The molecule has 0 aliphatic rings. The van der Waals surface area contributed by atoms with E-state index in [1.807, 2.05) is 0 Å². The van der Waals surface area contributed by atoms with Gasteiger partial charge in [0.25, 0.3) is 0 Å². The van der Waals surface area contributed by atoms with Crippen molar-refractivity contribution in [2.45, 2.75) is 12.4 Å². The predicted octanol–water partition coefficient (Wildman–Crippen LogP) is 4.77. The molecule has 2 N–H and O–H groups in total. The lowest BCUT2D eigenvalue weighted by atomic mass is 10.1. The Morgan fingerprint density at radius 3 is 2.00 bits per heavy atom. The monoisotopic (exact) mass is 362 g/mol. The summed E-state index contributed by atoms with van der Waals surface area (Å²) in [6, 6.07) is 8.39. The number of carbonyl (C=O) groups excluding carboxylic acids is 1. The molecular formula is C16H12F6N2O. The van der Waals surface area contributed by atoms with Crippen molar-refractivity contribution in [1.29, 1.82) is 0 Å². The van der Waals surface area contributed by atoms with Crippen molar-refractivity contribution in [3.05, 3.63) is 59.7 Å². The maximum atomic E-state index is 12.8. The van der Waals surface area contributed by atoms with E-state index in [0.29, 0.717) is 0 Å². The maximum absolute atomic E-state index is 12.8. The second-order valence-electron chi connectivity index (χ2n) is 5.02. The summed E-state index contributed by atoms with van der Waals surface area (Å²) in [5.41, 5.74) is -2.00. The number of hydrogen-bond acceptors (Lipinski definition) is 2. The zero-order chi connectivity index (χ0) is 18.7. The van der Waals surface area contributed by atoms with E-state index in [9.17, 15) is 31.1 Å². The lowest BCUT2D eigenvalue weighted by molar-refractivity contribution is -0.138. The third kappa shape index (κ3) is 5.13. The summed E-state index contributed by atoms with van der Waals surface area (Å²) in [5, 5.41) is 4.66. The van der Waals surface area contributed by atoms with Crippen LogP contribution in [0.2, 0.25) is 0 Å². The van der Waals surface area contributed by atoms with Crippen LogP contribution in [-0.4, -0.2) is 12.5 Å². The summed E-state index contributed by atoms with van der Waals surface area (Å²) in [5.74, 6) is -0.767. The van der Waals surface area contributed by atoms with Crippen molar-refractivity contribution in [3.63, 3.8) is 0 Å². The number of hydrogen-bond donors (Lipinski definition) is 2. The first-order chi connectivity index (χ1) is 11.6. The molecule has 25 heavy (non-hydrogen) atoms. The van der Waals surface area contributed by atoms with Crippen molar-refractivity contribution in [3.8, 4) is 0 Å². The molecule has 0 aliphatic carbocycles. The van der Waals surface area contributed by atoms with Gasteiger partial charge in [-0.15, -0.1) is 0 Å². The van der Waals surface area contributed by atoms with Gasteiger partial charge in [-0.1, -0.05) is 12.1 Å². The van der Waals surface area contributed by atoms with Crippen LogP contribution in [0.15, 0.2) is 48.5 Å². The van der Waals surface area contributed by atoms with E-state index in [1.54, 1.807) is 0 Å². The first-order valence-corrected chi connectivity index (χ1v) is 6.94. The van der Waals surface area contributed by atoms with Gasteiger partial charge in [-0.25, -0.2) is 0 Å². The molecular weight excluding hydrogens is 350 g/mol. The normalized spacial score (nSPS) is 11.9. The Bertz CT molecular complexity index is 738. The predicted molar refractivity (Wildman–Crippen MR) is 80.0 cm³/mol. The highest BCUT2D eigenvalue weighted by atomic mass is 19.4. The summed E-state index contributed by atoms with van der Waals surface area (Å²) in [4.78, 5) is 11.8. The van der Waals surface area contributed by atoms with Crippen LogP contribution in [0.25, 0.3) is 0 Å². The number of para-hydroxylation sites is 1. The molecule has 0 unspecified atom stereocenters. The minimum Gasteiger partial charge on any atom is -0.376 e. The van der Waals surface area contributed by atoms with Crippen molar-refractivity contribution in [2.75, 3.05) is 17.2 Å². The summed E-state index contributed by atoms with van der Waals surface area (Å²) >= 11 is 0. The van der Waals surface area contributed by atoms with Gasteiger partial charge in [0.1, 0.15) is 0 Å². The molecule has 0 radical (unpaired) electrons. The molecule has 3 nitrogen and oxygen atoms in total. The fraction of sp³-hybridized carbons (Fsp3) is 0.188. The fourth-order valence-corrected chi connectivity index (χ4v) is 1.99. The van der Waals surface area contributed by atoms with Crippen molar-refractivity contribution >= 4 is 17.3 Å². The van der Waals surface area contributed by atoms with Crippen LogP contribution in [0.3, 0.4) is 0 Å². The van der Waals surface area contributed by atoms with E-state index in [1.165, 1.54) is 12.1 Å². The van der Waals surface area contributed by atoms with Gasteiger partial charge in [0.05, 0.1) is 23.4 Å². The van der Waals surface area contributed by atoms with Crippen LogP contribution in [0, 0.1) is 0 Å². The Morgan fingerprint density at radius 2 is 1.44 bits per heavy atom. The van der Waals surface area contributed by atoms with Crippen LogP contribution in [-0.2, 0) is 17.1 Å². The van der Waals surface area contributed by atoms with Crippen LogP contribution in [0.5, 0.6) is 0 Å². The number of amides is 1. The zero-order valence-electron chi connectivity index (χ0n) is 12.5. The van der Waals surface area contributed by atoms with Gasteiger partial charge < -0.3 is 10.6 Å². The second-order valence-corrected chi connectivity index (χ2v) is 5.02. The molecule has 0 fully saturated rings. The van der Waals surface area contributed by atoms with Crippen LogP contribution in [0.4, 0.5) is 37.7 Å². The number of rotatable bonds is 4. The molecule has 0 heterocycles. The Balaban J connectivity index is 1.98. The van der Waals surface area contributed by atoms with E-state index >= 15 is 0 Å². The first-order valence-electron chi connectivity index (χ1n) is 6.94. The minimum atomic E-state index is -4.62. The van der Waals surface area contributed by atoms with Crippen LogP contribution in [0.1, 0.15) is 11.1 Å². The smallest absolute Gasteiger partial charge is 0.376 e. The topological polar surface area (TPSA) is 41.1 Å². The van der Waals surface area contributed by atoms with Gasteiger partial charge in [0.15, 0.2) is 0 Å². The molecule has 0 saturated carbocycles. The number of benzene rings is 2. The molecule has 1 amide bonds. The lowest BCUT2D eigenvalue weighted by Gasteiger charge is -2.14. The Kier molecular flexibility index (Phi) is 5.24. The Hall–Kier alpha value is -2.71. The van der Waals surface area contributed by atoms with E-state index < -0.39 is 41.6 Å². The third-order valence-electron chi connectivity index (χ3n) is 3.17. The molecule has 2 aromatic rings. The summed E-state index contributed by atoms with van der Waals surface area (Å²) in [6.07, 6.45) is -9.10. The fourth-order valence-electron chi connectivity index (χ4n) is 1.99. The highest BCUT2D eigenvalue weighted by molar-refractivity contribution is 5.94. The Morgan fingerprint density at radius 1 is 0.840 bits per heavy atom. The van der Waals surface area contributed by atoms with E-state index in [2.05, 4.69) is 10.6 Å². The summed E-state index contributed by atoms with van der Waals surface area (Å²) < 4.78 is 75.8. The quantitative estimate of drug-likeness (QED) is 0.769. The average Bonchev–Trinajstić information content (AvgIpc) is 2.52. The standard InChI is InChI=1S/C16H12F6N2O/c17-15(18,19)10-5-7-11(8-6-10)23-9-14(25)24-13-4-2-1-3-12(13)16(20,21)22/h1-8,23H,9H2,(H,24,25). The molecule has 0 saturated heterocycles. The molecule has 134 valence electrons. The van der Waals surface area contributed by atoms with Gasteiger partial charge in [-0.3, -0.25) is 4.79 Å². The van der Waals surface area contributed by atoms with Gasteiger partial charge in [-0.2, -0.15) is 26.3 Å². The van der Waals surface area contributed by atoms with E-state index in [0.717, 1.165) is 36.4 Å². The number of alkyl halides is 6. The average molecular weight is 362 g/mol. The molecule has 0 aliphatic heterocycles. The molecule has 0 bridgehead atoms. The summed E-state index contributed by atoms with van der Waals surface area (Å²) in [6.45, 7) is -0.405. The van der Waals surface area contributed by atoms with Crippen LogP contribution < -0.4 is 10.6 Å². The highest BCUT2D eigenvalue weighted by Crippen LogP contribution is 2.34. The second kappa shape index (κ2) is 7.04. The van der Waals surface area contributed by atoms with Crippen molar-refractivity contribution in [2.24, 2.45) is 0 Å². The van der Waals surface area contributed by atoms with Crippen molar-refractivity contribution in [1.82, 2.24) is 0 Å². The molecule has 0 spiro atoms. The summed E-state index contributed by atoms with van der Waals surface area (Å²) in [7, 11) is 0. The first kappa shape index (κ1) is 18.6. The van der Waals surface area contributed by atoms with E-state index in [-0.39, 0.29) is 5.69 Å². The minimum absolute atomic E-state index is 0.229. The lowest BCUT2D eigenvalue weighted by Crippen LogP contribution is -2.23. The third-order valence-corrected chi connectivity index (χ3v) is 3.17. The number of carbonyl (C=O) groups is 1. The number of halogens is 6. The molecule has 0 atom stereocenters. The zero-order valence-corrected chi connectivity index (χ0v) is 12.5. The molecule has 2 rings (SSSR count). The Labute approximate surface area is 138 Å². The number of anilines is 2. The maximum Gasteiger partial charge on any atom is 0.418 e. The van der Waals surface area contributed by atoms with E-state index in [4.69, 9.17) is 0 Å². The largest absolute Gasteiger partial charge is 0.418 e. The van der Waals surface area contributed by atoms with Crippen LogP contribution >= 0.6 is 0 Å².